The highest BCUT2D eigenvalue weighted by molar-refractivity contribution is 5.73. The molecule has 0 radical (unpaired) electrons. The van der Waals surface area contributed by atoms with Crippen LogP contribution in [0.3, 0.4) is 0 Å². The maximum absolute atomic E-state index is 11.6. The maximum atomic E-state index is 11.6. The average molecular weight is 293 g/mol. The number of amides is 2. The van der Waals surface area contributed by atoms with E-state index < -0.39 is 5.97 Å². The average Bonchev–Trinajstić information content (AvgIpc) is 2.44. The van der Waals surface area contributed by atoms with E-state index in [0.717, 1.165) is 17.7 Å². The highest BCUT2D eigenvalue weighted by Gasteiger charge is 2.06. The van der Waals surface area contributed by atoms with Gasteiger partial charge in [-0.3, -0.25) is 9.78 Å². The predicted molar refractivity (Wildman–Crippen MR) is 79.9 cm³/mol. The SMILES string of the molecule is Cc1ccc(CNC(=O)NCCC(C)CCC(=O)O)cn1. The Morgan fingerprint density at radius 2 is 2.05 bits per heavy atom. The summed E-state index contributed by atoms with van der Waals surface area (Å²) < 4.78 is 0. The molecule has 6 nitrogen and oxygen atoms in total. The first kappa shape index (κ1) is 16.9. The van der Waals surface area contributed by atoms with Crippen molar-refractivity contribution in [3.05, 3.63) is 29.6 Å². The van der Waals surface area contributed by atoms with E-state index in [1.54, 1.807) is 6.20 Å². The molecule has 1 unspecified atom stereocenters. The number of urea groups is 1. The van der Waals surface area contributed by atoms with Crippen molar-refractivity contribution in [1.29, 1.82) is 0 Å². The van der Waals surface area contributed by atoms with Crippen LogP contribution in [0.2, 0.25) is 0 Å². The second-order valence-corrected chi connectivity index (χ2v) is 5.24. The molecule has 0 aliphatic rings. The van der Waals surface area contributed by atoms with Gasteiger partial charge in [0.1, 0.15) is 0 Å². The highest BCUT2D eigenvalue weighted by Crippen LogP contribution is 2.09. The Bertz CT molecular complexity index is 460. The summed E-state index contributed by atoms with van der Waals surface area (Å²) in [4.78, 5) is 26.2. The molecule has 1 atom stereocenters. The van der Waals surface area contributed by atoms with Crippen LogP contribution in [0.1, 0.15) is 37.4 Å². The molecular formula is C15H23N3O3. The maximum Gasteiger partial charge on any atom is 0.315 e. The number of carbonyl (C=O) groups is 2. The van der Waals surface area contributed by atoms with Gasteiger partial charge in [-0.2, -0.15) is 0 Å². The van der Waals surface area contributed by atoms with Crippen LogP contribution in [0.25, 0.3) is 0 Å². The lowest BCUT2D eigenvalue weighted by atomic mass is 10.0. The fourth-order valence-electron chi connectivity index (χ4n) is 1.79. The van der Waals surface area contributed by atoms with Gasteiger partial charge in [0.15, 0.2) is 0 Å². The molecule has 0 aliphatic carbocycles. The molecule has 21 heavy (non-hydrogen) atoms. The molecule has 1 aromatic heterocycles. The number of aliphatic carboxylic acids is 1. The largest absolute Gasteiger partial charge is 0.481 e. The van der Waals surface area contributed by atoms with Crippen LogP contribution < -0.4 is 10.6 Å². The van der Waals surface area contributed by atoms with Crippen LogP contribution >= 0.6 is 0 Å². The van der Waals surface area contributed by atoms with Crippen LogP contribution in [0.4, 0.5) is 4.79 Å². The summed E-state index contributed by atoms with van der Waals surface area (Å²) in [5.41, 5.74) is 1.89. The molecule has 116 valence electrons. The van der Waals surface area contributed by atoms with E-state index in [2.05, 4.69) is 15.6 Å². The minimum absolute atomic E-state index is 0.174. The third-order valence-electron chi connectivity index (χ3n) is 3.20. The number of hydrogen-bond acceptors (Lipinski definition) is 3. The number of rotatable bonds is 8. The van der Waals surface area contributed by atoms with Crippen LogP contribution in [-0.4, -0.2) is 28.6 Å². The topological polar surface area (TPSA) is 91.3 Å². The number of carboxylic acid groups (broad SMARTS) is 1. The summed E-state index contributed by atoms with van der Waals surface area (Å²) in [7, 11) is 0. The Hall–Kier alpha value is -2.11. The Morgan fingerprint density at radius 1 is 1.29 bits per heavy atom. The third kappa shape index (κ3) is 7.91. The first-order valence-electron chi connectivity index (χ1n) is 7.12. The Morgan fingerprint density at radius 3 is 2.67 bits per heavy atom. The molecule has 0 saturated carbocycles. The van der Waals surface area contributed by atoms with Crippen LogP contribution in [-0.2, 0) is 11.3 Å². The molecule has 0 saturated heterocycles. The van der Waals surface area contributed by atoms with Crippen molar-refractivity contribution in [3.63, 3.8) is 0 Å². The minimum Gasteiger partial charge on any atom is -0.481 e. The number of carboxylic acids is 1. The van der Waals surface area contributed by atoms with Gasteiger partial charge in [-0.05, 0) is 37.3 Å². The molecule has 2 amide bonds. The number of hydrogen-bond donors (Lipinski definition) is 3. The molecule has 1 aromatic rings. The van der Waals surface area contributed by atoms with E-state index in [-0.39, 0.29) is 18.4 Å². The van der Waals surface area contributed by atoms with E-state index in [1.807, 2.05) is 26.0 Å². The van der Waals surface area contributed by atoms with Crippen molar-refractivity contribution >= 4 is 12.0 Å². The van der Waals surface area contributed by atoms with Crippen LogP contribution in [0.5, 0.6) is 0 Å². The van der Waals surface area contributed by atoms with Crippen molar-refractivity contribution in [3.8, 4) is 0 Å². The number of nitrogens with one attached hydrogen (secondary N) is 2. The summed E-state index contributed by atoms with van der Waals surface area (Å²) in [6, 6.07) is 3.61. The van der Waals surface area contributed by atoms with Crippen molar-refractivity contribution in [1.82, 2.24) is 15.6 Å². The minimum atomic E-state index is -0.778. The normalized spacial score (nSPS) is 11.7. The van der Waals surface area contributed by atoms with Gasteiger partial charge in [0, 0.05) is 31.4 Å². The summed E-state index contributed by atoms with van der Waals surface area (Å²) in [5.74, 6) is -0.498. The smallest absolute Gasteiger partial charge is 0.315 e. The molecule has 1 rings (SSSR count). The van der Waals surface area contributed by atoms with Crippen molar-refractivity contribution in [2.24, 2.45) is 5.92 Å². The van der Waals surface area contributed by atoms with E-state index in [0.29, 0.717) is 19.5 Å². The number of aromatic nitrogens is 1. The number of pyridine rings is 1. The molecule has 0 spiro atoms. The van der Waals surface area contributed by atoms with Gasteiger partial charge in [0.05, 0.1) is 0 Å². The standard InChI is InChI=1S/C15H23N3O3/c1-11(3-6-14(19)20)7-8-16-15(21)18-10-13-5-4-12(2)17-9-13/h4-5,9,11H,3,6-8,10H2,1-2H3,(H,19,20)(H2,16,18,21). The van der Waals surface area contributed by atoms with Gasteiger partial charge < -0.3 is 15.7 Å². The van der Waals surface area contributed by atoms with Gasteiger partial charge in [-0.15, -0.1) is 0 Å². The second kappa shape index (κ2) is 8.94. The first-order valence-corrected chi connectivity index (χ1v) is 7.12. The Kier molecular flexibility index (Phi) is 7.21. The first-order chi connectivity index (χ1) is 9.97. The predicted octanol–water partition coefficient (Wildman–Crippen LogP) is 2.08. The molecule has 3 N–H and O–H groups in total. The molecule has 0 aromatic carbocycles. The van der Waals surface area contributed by atoms with Gasteiger partial charge in [-0.1, -0.05) is 13.0 Å². The van der Waals surface area contributed by atoms with E-state index >= 15 is 0 Å². The van der Waals surface area contributed by atoms with Gasteiger partial charge in [0.25, 0.3) is 0 Å². The van der Waals surface area contributed by atoms with Crippen LogP contribution in [0, 0.1) is 12.8 Å². The second-order valence-electron chi connectivity index (χ2n) is 5.24. The van der Waals surface area contributed by atoms with Crippen molar-refractivity contribution in [2.75, 3.05) is 6.54 Å². The van der Waals surface area contributed by atoms with Gasteiger partial charge >= 0.3 is 12.0 Å². The Labute approximate surface area is 125 Å². The summed E-state index contributed by atoms with van der Waals surface area (Å²) in [6.07, 6.45) is 3.32. The molecule has 1 heterocycles. The lowest BCUT2D eigenvalue weighted by molar-refractivity contribution is -0.137. The fraction of sp³-hybridized carbons (Fsp3) is 0.533. The summed E-state index contributed by atoms with van der Waals surface area (Å²) in [5, 5.41) is 14.1. The lowest BCUT2D eigenvalue weighted by Crippen LogP contribution is -2.36. The quantitative estimate of drug-likeness (QED) is 0.684. The number of aryl methyl sites for hydroxylation is 1. The monoisotopic (exact) mass is 293 g/mol. The number of carbonyl (C=O) groups excluding carboxylic acids is 1. The zero-order chi connectivity index (χ0) is 15.7. The zero-order valence-electron chi connectivity index (χ0n) is 12.6. The zero-order valence-corrected chi connectivity index (χ0v) is 12.6. The van der Waals surface area contributed by atoms with Crippen molar-refractivity contribution < 1.29 is 14.7 Å². The Balaban J connectivity index is 2.13. The van der Waals surface area contributed by atoms with E-state index in [1.165, 1.54) is 0 Å². The van der Waals surface area contributed by atoms with E-state index in [4.69, 9.17) is 5.11 Å². The van der Waals surface area contributed by atoms with E-state index in [9.17, 15) is 9.59 Å². The molecular weight excluding hydrogens is 270 g/mol. The van der Waals surface area contributed by atoms with Crippen molar-refractivity contribution in [2.45, 2.75) is 39.7 Å². The lowest BCUT2D eigenvalue weighted by Gasteiger charge is -2.11. The van der Waals surface area contributed by atoms with Gasteiger partial charge in [-0.25, -0.2) is 4.79 Å². The highest BCUT2D eigenvalue weighted by atomic mass is 16.4. The summed E-state index contributed by atoms with van der Waals surface area (Å²) in [6.45, 7) is 4.88. The fourth-order valence-corrected chi connectivity index (χ4v) is 1.79. The molecule has 0 fully saturated rings. The number of nitrogens with zero attached hydrogens (tertiary/aromatic N) is 1. The van der Waals surface area contributed by atoms with Crippen LogP contribution in [0.15, 0.2) is 18.3 Å². The third-order valence-corrected chi connectivity index (χ3v) is 3.20. The summed E-state index contributed by atoms with van der Waals surface area (Å²) >= 11 is 0. The van der Waals surface area contributed by atoms with Gasteiger partial charge in [0.2, 0.25) is 0 Å². The molecule has 0 bridgehead atoms. The molecule has 6 heteroatoms. The molecule has 0 aliphatic heterocycles.